The van der Waals surface area contributed by atoms with Crippen molar-refractivity contribution >= 4 is 16.0 Å². The maximum absolute atomic E-state index is 13.3. The van der Waals surface area contributed by atoms with Crippen LogP contribution in [0.25, 0.3) is 0 Å². The van der Waals surface area contributed by atoms with Crippen molar-refractivity contribution < 1.29 is 22.7 Å². The molecule has 0 aliphatic carbocycles. The maximum Gasteiger partial charge on any atom is 0.338 e. The molecular formula is C13H18FNO4S. The van der Waals surface area contributed by atoms with E-state index in [2.05, 4.69) is 4.72 Å². The molecule has 0 aromatic heterocycles. The number of rotatable bonds is 6. The van der Waals surface area contributed by atoms with Crippen LogP contribution < -0.4 is 4.72 Å². The molecule has 2 N–H and O–H groups in total. The lowest BCUT2D eigenvalue weighted by Gasteiger charge is -2.19. The van der Waals surface area contributed by atoms with Crippen LogP contribution in [0.5, 0.6) is 0 Å². The Morgan fingerprint density at radius 2 is 2.00 bits per heavy atom. The van der Waals surface area contributed by atoms with Crippen LogP contribution >= 0.6 is 0 Å². The summed E-state index contributed by atoms with van der Waals surface area (Å²) in [7, 11) is -3.87. The Morgan fingerprint density at radius 3 is 2.50 bits per heavy atom. The van der Waals surface area contributed by atoms with Gasteiger partial charge in [-0.2, -0.15) is 0 Å². The summed E-state index contributed by atoms with van der Waals surface area (Å²) >= 11 is 0. The highest BCUT2D eigenvalue weighted by atomic mass is 32.2. The van der Waals surface area contributed by atoms with Crippen LogP contribution in [0.4, 0.5) is 4.39 Å². The van der Waals surface area contributed by atoms with Crippen molar-refractivity contribution in [2.75, 3.05) is 0 Å². The predicted molar refractivity (Wildman–Crippen MR) is 72.6 cm³/mol. The van der Waals surface area contributed by atoms with Crippen molar-refractivity contribution in [2.24, 2.45) is 5.92 Å². The Morgan fingerprint density at radius 1 is 1.40 bits per heavy atom. The molecule has 2 unspecified atom stereocenters. The van der Waals surface area contributed by atoms with E-state index < -0.39 is 27.4 Å². The quantitative estimate of drug-likeness (QED) is 0.844. The molecule has 0 spiro atoms. The van der Waals surface area contributed by atoms with Crippen molar-refractivity contribution in [3.8, 4) is 0 Å². The SMILES string of the molecule is CCC(C)C(C)NS(=O)(=O)c1ccc(F)c(C(=O)O)c1. The molecule has 0 saturated heterocycles. The highest BCUT2D eigenvalue weighted by molar-refractivity contribution is 7.89. The van der Waals surface area contributed by atoms with Crippen LogP contribution in [-0.4, -0.2) is 25.5 Å². The lowest BCUT2D eigenvalue weighted by Crippen LogP contribution is -2.36. The second kappa shape index (κ2) is 6.32. The number of carboxylic acid groups (broad SMARTS) is 1. The summed E-state index contributed by atoms with van der Waals surface area (Å²) in [4.78, 5) is 10.6. The van der Waals surface area contributed by atoms with Gasteiger partial charge in [-0.25, -0.2) is 22.3 Å². The number of sulfonamides is 1. The number of benzene rings is 1. The molecule has 1 rings (SSSR count). The van der Waals surface area contributed by atoms with Gasteiger partial charge in [0.2, 0.25) is 10.0 Å². The zero-order valence-electron chi connectivity index (χ0n) is 11.6. The third-order valence-electron chi connectivity index (χ3n) is 3.32. The second-order valence-electron chi connectivity index (χ2n) is 4.74. The summed E-state index contributed by atoms with van der Waals surface area (Å²) in [6.07, 6.45) is 0.799. The summed E-state index contributed by atoms with van der Waals surface area (Å²) in [5.41, 5.74) is -0.663. The number of halogens is 1. The van der Waals surface area contributed by atoms with E-state index in [9.17, 15) is 17.6 Å². The van der Waals surface area contributed by atoms with Crippen molar-refractivity contribution in [3.63, 3.8) is 0 Å². The molecule has 0 aliphatic rings. The molecule has 0 amide bonds. The molecule has 1 aromatic rings. The topological polar surface area (TPSA) is 83.5 Å². The minimum Gasteiger partial charge on any atom is -0.478 e. The van der Waals surface area contributed by atoms with Crippen LogP contribution in [-0.2, 0) is 10.0 Å². The predicted octanol–water partition coefficient (Wildman–Crippen LogP) is 2.24. The fourth-order valence-corrected chi connectivity index (χ4v) is 3.00. The van der Waals surface area contributed by atoms with E-state index in [0.717, 1.165) is 24.6 Å². The number of aromatic carboxylic acids is 1. The Bertz CT molecular complexity index is 600. The average molecular weight is 303 g/mol. The van der Waals surface area contributed by atoms with Gasteiger partial charge in [0.15, 0.2) is 0 Å². The highest BCUT2D eigenvalue weighted by Crippen LogP contribution is 2.17. The fourth-order valence-electron chi connectivity index (χ4n) is 1.62. The Kier molecular flexibility index (Phi) is 5.24. The fraction of sp³-hybridized carbons (Fsp3) is 0.462. The number of hydrogen-bond acceptors (Lipinski definition) is 3. The van der Waals surface area contributed by atoms with E-state index in [1.165, 1.54) is 0 Å². The van der Waals surface area contributed by atoms with Crippen molar-refractivity contribution in [3.05, 3.63) is 29.6 Å². The summed E-state index contributed by atoms with van der Waals surface area (Å²) in [5, 5.41) is 8.81. The molecule has 7 heteroatoms. The van der Waals surface area contributed by atoms with Gasteiger partial charge < -0.3 is 5.11 Å². The van der Waals surface area contributed by atoms with Crippen LogP contribution in [0.2, 0.25) is 0 Å². The van der Waals surface area contributed by atoms with Gasteiger partial charge in [0.25, 0.3) is 0 Å². The summed E-state index contributed by atoms with van der Waals surface area (Å²) in [6.45, 7) is 5.57. The zero-order valence-corrected chi connectivity index (χ0v) is 12.4. The third kappa shape index (κ3) is 3.77. The molecule has 1 aromatic carbocycles. The van der Waals surface area contributed by atoms with E-state index in [-0.39, 0.29) is 16.9 Å². The van der Waals surface area contributed by atoms with Gasteiger partial charge in [-0.15, -0.1) is 0 Å². The average Bonchev–Trinajstić information content (AvgIpc) is 2.36. The van der Waals surface area contributed by atoms with E-state index >= 15 is 0 Å². The smallest absolute Gasteiger partial charge is 0.338 e. The molecule has 20 heavy (non-hydrogen) atoms. The lowest BCUT2D eigenvalue weighted by atomic mass is 10.0. The standard InChI is InChI=1S/C13H18FNO4S/c1-4-8(2)9(3)15-20(18,19)10-5-6-12(14)11(7-10)13(16)17/h5-9,15H,4H2,1-3H3,(H,16,17). The van der Waals surface area contributed by atoms with Gasteiger partial charge in [-0.05, 0) is 31.0 Å². The van der Waals surface area contributed by atoms with E-state index in [1.54, 1.807) is 6.92 Å². The van der Waals surface area contributed by atoms with E-state index in [0.29, 0.717) is 0 Å². The maximum atomic E-state index is 13.3. The second-order valence-corrected chi connectivity index (χ2v) is 6.46. The molecule has 0 fully saturated rings. The molecule has 112 valence electrons. The Labute approximate surface area is 117 Å². The minimum absolute atomic E-state index is 0.129. The molecule has 0 heterocycles. The summed E-state index contributed by atoms with van der Waals surface area (Å²) < 4.78 is 40.0. The van der Waals surface area contributed by atoms with E-state index in [4.69, 9.17) is 5.11 Å². The number of hydrogen-bond donors (Lipinski definition) is 2. The molecule has 0 radical (unpaired) electrons. The van der Waals surface area contributed by atoms with Crippen molar-refractivity contribution in [1.82, 2.24) is 4.72 Å². The first-order valence-electron chi connectivity index (χ1n) is 6.24. The molecular weight excluding hydrogens is 285 g/mol. The van der Waals surface area contributed by atoms with Crippen LogP contribution in [0.1, 0.15) is 37.6 Å². The molecule has 2 atom stereocenters. The monoisotopic (exact) mass is 303 g/mol. The Hall–Kier alpha value is -1.47. The Balaban J connectivity index is 3.10. The van der Waals surface area contributed by atoms with Gasteiger partial charge in [-0.3, -0.25) is 0 Å². The number of nitrogens with one attached hydrogen (secondary N) is 1. The molecule has 0 bridgehead atoms. The highest BCUT2D eigenvalue weighted by Gasteiger charge is 2.22. The summed E-state index contributed by atoms with van der Waals surface area (Å²) in [5.74, 6) is -2.34. The molecule has 0 aliphatic heterocycles. The van der Waals surface area contributed by atoms with Crippen molar-refractivity contribution in [1.29, 1.82) is 0 Å². The van der Waals surface area contributed by atoms with Crippen LogP contribution in [0, 0.1) is 11.7 Å². The number of carboxylic acids is 1. The normalized spacial score (nSPS) is 14.8. The van der Waals surface area contributed by atoms with Crippen LogP contribution in [0.15, 0.2) is 23.1 Å². The summed E-state index contributed by atoms with van der Waals surface area (Å²) in [6, 6.07) is 2.41. The van der Waals surface area contributed by atoms with Crippen molar-refractivity contribution in [2.45, 2.75) is 38.1 Å². The largest absolute Gasteiger partial charge is 0.478 e. The van der Waals surface area contributed by atoms with Gasteiger partial charge in [-0.1, -0.05) is 20.3 Å². The van der Waals surface area contributed by atoms with Gasteiger partial charge in [0.1, 0.15) is 5.82 Å². The van der Waals surface area contributed by atoms with Crippen LogP contribution in [0.3, 0.4) is 0 Å². The first kappa shape index (κ1) is 16.6. The third-order valence-corrected chi connectivity index (χ3v) is 4.87. The first-order valence-corrected chi connectivity index (χ1v) is 7.72. The molecule has 5 nitrogen and oxygen atoms in total. The molecule has 0 saturated carbocycles. The zero-order chi connectivity index (χ0) is 15.5. The number of carbonyl (C=O) groups is 1. The first-order chi connectivity index (χ1) is 9.19. The van der Waals surface area contributed by atoms with Gasteiger partial charge >= 0.3 is 5.97 Å². The minimum atomic E-state index is -3.87. The van der Waals surface area contributed by atoms with Gasteiger partial charge in [0.05, 0.1) is 10.5 Å². The van der Waals surface area contributed by atoms with E-state index in [1.807, 2.05) is 13.8 Å². The lowest BCUT2D eigenvalue weighted by molar-refractivity contribution is 0.0691. The van der Waals surface area contributed by atoms with Gasteiger partial charge in [0, 0.05) is 6.04 Å².